The smallest absolute Gasteiger partial charge is 0.130 e. The fraction of sp³-hybridized carbons (Fsp3) is 0.333. The zero-order valence-electron chi connectivity index (χ0n) is 10.8. The molecule has 0 bridgehead atoms. The van der Waals surface area contributed by atoms with Gasteiger partial charge in [-0.15, -0.1) is 11.6 Å². The molecule has 2 atom stereocenters. The highest BCUT2D eigenvalue weighted by molar-refractivity contribution is 9.10. The number of alkyl halides is 2. The predicted octanol–water partition coefficient (Wildman–Crippen LogP) is 5.12. The van der Waals surface area contributed by atoms with Gasteiger partial charge in [0.25, 0.3) is 0 Å². The Morgan fingerprint density at radius 1 is 1.45 bits per heavy atom. The summed E-state index contributed by atoms with van der Waals surface area (Å²) in [4.78, 5) is 0.226. The van der Waals surface area contributed by atoms with Crippen molar-refractivity contribution in [2.45, 2.75) is 17.2 Å². The van der Waals surface area contributed by atoms with Crippen LogP contribution in [0.15, 0.2) is 45.8 Å². The maximum absolute atomic E-state index is 6.24. The maximum Gasteiger partial charge on any atom is 0.130 e. The summed E-state index contributed by atoms with van der Waals surface area (Å²) >= 11 is 13.4. The Bertz CT molecular complexity index is 610. The SMILES string of the molecule is COC1=CC(Br)CC2=C1C(CCl)c1cc(Br)ccc1O2. The molecule has 0 saturated heterocycles. The largest absolute Gasteiger partial charge is 0.497 e. The summed E-state index contributed by atoms with van der Waals surface area (Å²) < 4.78 is 12.6. The van der Waals surface area contributed by atoms with Gasteiger partial charge in [-0.25, -0.2) is 0 Å². The number of hydrogen-bond donors (Lipinski definition) is 0. The number of halogens is 3. The Kier molecular flexibility index (Phi) is 4.16. The zero-order chi connectivity index (χ0) is 14.3. The molecule has 2 nitrogen and oxygen atoms in total. The fourth-order valence-corrected chi connectivity index (χ4v) is 3.94. The van der Waals surface area contributed by atoms with E-state index in [0.717, 1.165) is 39.3 Å². The van der Waals surface area contributed by atoms with Crippen LogP contribution in [-0.4, -0.2) is 17.8 Å². The van der Waals surface area contributed by atoms with Crippen molar-refractivity contribution in [1.82, 2.24) is 0 Å². The van der Waals surface area contributed by atoms with Gasteiger partial charge in [0.2, 0.25) is 0 Å². The van der Waals surface area contributed by atoms with Crippen LogP contribution in [0.1, 0.15) is 17.9 Å². The number of benzene rings is 1. The van der Waals surface area contributed by atoms with Gasteiger partial charge in [-0.2, -0.15) is 0 Å². The zero-order valence-corrected chi connectivity index (χ0v) is 14.8. The van der Waals surface area contributed by atoms with Crippen LogP contribution >= 0.6 is 43.5 Å². The van der Waals surface area contributed by atoms with E-state index in [-0.39, 0.29) is 10.7 Å². The van der Waals surface area contributed by atoms with Gasteiger partial charge in [0.1, 0.15) is 17.3 Å². The molecule has 1 heterocycles. The monoisotopic (exact) mass is 418 g/mol. The van der Waals surface area contributed by atoms with Gasteiger partial charge in [0.15, 0.2) is 0 Å². The Hall–Kier alpha value is -0.450. The summed E-state index contributed by atoms with van der Waals surface area (Å²) in [5.41, 5.74) is 2.17. The van der Waals surface area contributed by atoms with E-state index in [2.05, 4.69) is 44.0 Å². The second-order valence-corrected chi connectivity index (χ2v) is 7.18. The quantitative estimate of drug-likeness (QED) is 0.619. The molecule has 2 aliphatic rings. The van der Waals surface area contributed by atoms with Crippen LogP contribution in [0.25, 0.3) is 0 Å². The van der Waals surface area contributed by atoms with Crippen molar-refractivity contribution in [3.05, 3.63) is 51.4 Å². The van der Waals surface area contributed by atoms with Crippen LogP contribution in [0, 0.1) is 0 Å². The van der Waals surface area contributed by atoms with Crippen molar-refractivity contribution in [3.63, 3.8) is 0 Å². The molecule has 20 heavy (non-hydrogen) atoms. The highest BCUT2D eigenvalue weighted by Gasteiger charge is 2.35. The molecule has 0 N–H and O–H groups in total. The summed E-state index contributed by atoms with van der Waals surface area (Å²) in [5, 5.41) is 0. The third-order valence-electron chi connectivity index (χ3n) is 3.58. The number of methoxy groups -OCH3 is 1. The van der Waals surface area contributed by atoms with Gasteiger partial charge in [-0.1, -0.05) is 31.9 Å². The minimum Gasteiger partial charge on any atom is -0.497 e. The van der Waals surface area contributed by atoms with Crippen molar-refractivity contribution in [2.24, 2.45) is 0 Å². The first kappa shape index (κ1) is 14.5. The lowest BCUT2D eigenvalue weighted by Gasteiger charge is -2.33. The lowest BCUT2D eigenvalue weighted by atomic mass is 9.84. The van der Waals surface area contributed by atoms with Crippen LogP contribution in [0.5, 0.6) is 5.75 Å². The Labute approximate surface area is 140 Å². The van der Waals surface area contributed by atoms with Gasteiger partial charge in [0, 0.05) is 38.7 Å². The third kappa shape index (κ3) is 2.42. The molecule has 1 aromatic carbocycles. The molecule has 1 aliphatic heterocycles. The van der Waals surface area contributed by atoms with Crippen LogP contribution in [0.2, 0.25) is 0 Å². The number of fused-ring (bicyclic) bond motifs is 1. The van der Waals surface area contributed by atoms with E-state index in [1.165, 1.54) is 0 Å². The van der Waals surface area contributed by atoms with Gasteiger partial charge >= 0.3 is 0 Å². The normalized spacial score (nSPS) is 24.5. The lowest BCUT2D eigenvalue weighted by Crippen LogP contribution is -2.24. The van der Waals surface area contributed by atoms with Gasteiger partial charge in [-0.05, 0) is 24.3 Å². The van der Waals surface area contributed by atoms with E-state index in [9.17, 15) is 0 Å². The van der Waals surface area contributed by atoms with Crippen LogP contribution in [-0.2, 0) is 4.74 Å². The summed E-state index contributed by atoms with van der Waals surface area (Å²) in [6, 6.07) is 6.04. The van der Waals surface area contributed by atoms with Crippen molar-refractivity contribution < 1.29 is 9.47 Å². The molecule has 1 aliphatic carbocycles. The maximum atomic E-state index is 6.24. The number of allylic oxidation sites excluding steroid dienone is 3. The lowest BCUT2D eigenvalue weighted by molar-refractivity contribution is 0.276. The van der Waals surface area contributed by atoms with Crippen LogP contribution in [0.4, 0.5) is 0 Å². The van der Waals surface area contributed by atoms with Crippen molar-refractivity contribution >= 4 is 43.5 Å². The first-order valence-corrected chi connectivity index (χ1v) is 8.55. The minimum atomic E-state index is 0.0964. The highest BCUT2D eigenvalue weighted by atomic mass is 79.9. The van der Waals surface area contributed by atoms with Crippen molar-refractivity contribution in [1.29, 1.82) is 0 Å². The topological polar surface area (TPSA) is 18.5 Å². The molecule has 0 spiro atoms. The van der Waals surface area contributed by atoms with Crippen LogP contribution < -0.4 is 4.74 Å². The molecule has 2 unspecified atom stereocenters. The standard InChI is InChI=1S/C15H13Br2ClO2/c1-19-13-5-9(17)6-14-15(13)11(7-18)10-4-8(16)2-3-12(10)20-14/h2-5,9,11H,6-7H2,1H3. The second kappa shape index (κ2) is 5.74. The Morgan fingerprint density at radius 3 is 2.95 bits per heavy atom. The number of rotatable bonds is 2. The number of ether oxygens (including phenoxy) is 2. The molecule has 1 aromatic rings. The van der Waals surface area contributed by atoms with Gasteiger partial charge in [0.05, 0.1) is 7.11 Å². The molecule has 5 heteroatoms. The Morgan fingerprint density at radius 2 is 2.25 bits per heavy atom. The average molecular weight is 421 g/mol. The molecule has 0 radical (unpaired) electrons. The third-order valence-corrected chi connectivity index (χ3v) is 4.97. The Balaban J connectivity index is 2.13. The van der Waals surface area contributed by atoms with Crippen molar-refractivity contribution in [3.8, 4) is 5.75 Å². The summed E-state index contributed by atoms with van der Waals surface area (Å²) in [7, 11) is 1.68. The fourth-order valence-electron chi connectivity index (χ4n) is 2.71. The highest BCUT2D eigenvalue weighted by Crippen LogP contribution is 2.47. The molecule has 0 aromatic heterocycles. The van der Waals surface area contributed by atoms with E-state index in [0.29, 0.717) is 5.88 Å². The summed E-state index contributed by atoms with van der Waals surface area (Å²) in [6.07, 6.45) is 2.88. The minimum absolute atomic E-state index is 0.0964. The molecule has 3 rings (SSSR count). The first-order valence-electron chi connectivity index (χ1n) is 6.30. The van der Waals surface area contributed by atoms with E-state index in [1.54, 1.807) is 7.11 Å². The molecule has 106 valence electrons. The van der Waals surface area contributed by atoms with Crippen LogP contribution in [0.3, 0.4) is 0 Å². The van der Waals surface area contributed by atoms with E-state index < -0.39 is 0 Å². The van der Waals surface area contributed by atoms with Gasteiger partial charge < -0.3 is 9.47 Å². The molecular weight excluding hydrogens is 407 g/mol. The van der Waals surface area contributed by atoms with Crippen molar-refractivity contribution in [2.75, 3.05) is 13.0 Å². The summed E-state index contributed by atoms with van der Waals surface area (Å²) in [5.74, 6) is 3.28. The van der Waals surface area contributed by atoms with Gasteiger partial charge in [-0.3, -0.25) is 0 Å². The predicted molar refractivity (Wildman–Crippen MR) is 87.7 cm³/mol. The average Bonchev–Trinajstić information content (AvgIpc) is 2.44. The molecule has 0 saturated carbocycles. The molecule has 0 fully saturated rings. The summed E-state index contributed by atoms with van der Waals surface area (Å²) in [6.45, 7) is 0. The first-order chi connectivity index (χ1) is 9.63. The van der Waals surface area contributed by atoms with E-state index >= 15 is 0 Å². The van der Waals surface area contributed by atoms with E-state index in [1.807, 2.05) is 12.1 Å². The molecular formula is C15H13Br2ClO2. The second-order valence-electron chi connectivity index (χ2n) is 4.78. The molecule has 0 amide bonds. The number of hydrogen-bond acceptors (Lipinski definition) is 2. The van der Waals surface area contributed by atoms with E-state index in [4.69, 9.17) is 21.1 Å².